The van der Waals surface area contributed by atoms with E-state index in [2.05, 4.69) is 37.1 Å². The fourth-order valence-corrected chi connectivity index (χ4v) is 3.21. The first-order valence-electron chi connectivity index (χ1n) is 10.3. The first-order valence-corrected chi connectivity index (χ1v) is 11.1. The Bertz CT molecular complexity index is 1230. The van der Waals surface area contributed by atoms with Gasteiger partial charge < -0.3 is 15.4 Å². The minimum Gasteiger partial charge on any atom is -0.483 e. The molecular weight excluding hydrogens is 500 g/mol. The van der Waals surface area contributed by atoms with Crippen LogP contribution < -0.4 is 20.8 Å². The third-order valence-corrected chi connectivity index (χ3v) is 5.13. The first-order chi connectivity index (χ1) is 16.3. The summed E-state index contributed by atoms with van der Waals surface area (Å²) in [6.45, 7) is 3.60. The molecule has 3 aromatic rings. The molecule has 0 saturated heterocycles. The first kappa shape index (κ1) is 24.7. The van der Waals surface area contributed by atoms with E-state index in [1.807, 2.05) is 50.2 Å². The lowest BCUT2D eigenvalue weighted by Crippen LogP contribution is -2.32. The summed E-state index contributed by atoms with van der Waals surface area (Å²) in [5.41, 5.74) is 5.86. The summed E-state index contributed by atoms with van der Waals surface area (Å²) < 4.78 is 6.39. The summed E-state index contributed by atoms with van der Waals surface area (Å²) in [6.07, 6.45) is 1.33. The Balaban J connectivity index is 1.57. The van der Waals surface area contributed by atoms with Crippen molar-refractivity contribution in [3.63, 3.8) is 0 Å². The van der Waals surface area contributed by atoms with Crippen molar-refractivity contribution in [2.45, 2.75) is 13.8 Å². The van der Waals surface area contributed by atoms with Crippen molar-refractivity contribution in [3.05, 3.63) is 87.9 Å². The molecule has 0 atom stereocenters. The highest BCUT2D eigenvalue weighted by Crippen LogP contribution is 2.22. The van der Waals surface area contributed by atoms with Crippen molar-refractivity contribution in [1.29, 1.82) is 0 Å². The fourth-order valence-electron chi connectivity index (χ4n) is 2.83. The summed E-state index contributed by atoms with van der Waals surface area (Å²) in [5, 5.41) is 9.13. The number of carbonyl (C=O) groups is 3. The van der Waals surface area contributed by atoms with Crippen molar-refractivity contribution >= 4 is 51.2 Å². The number of amides is 3. The average Bonchev–Trinajstić information content (AvgIpc) is 2.81. The Morgan fingerprint density at radius 3 is 2.41 bits per heavy atom. The van der Waals surface area contributed by atoms with Gasteiger partial charge in [0.15, 0.2) is 6.61 Å². The number of ether oxygens (including phenoxy) is 1. The monoisotopic (exact) mass is 522 g/mol. The normalized spacial score (nSPS) is 10.6. The SMILES string of the molecule is Cc1ccc(NC(=O)C(=O)N/N=C\c2cc(Br)ccc2OCC(=O)Nc2ccccc2C)cc1. The van der Waals surface area contributed by atoms with Gasteiger partial charge in [-0.1, -0.05) is 51.8 Å². The maximum absolute atomic E-state index is 12.3. The van der Waals surface area contributed by atoms with Crippen LogP contribution >= 0.6 is 15.9 Å². The number of anilines is 2. The van der Waals surface area contributed by atoms with Crippen molar-refractivity contribution in [2.24, 2.45) is 5.10 Å². The Labute approximate surface area is 205 Å². The van der Waals surface area contributed by atoms with Crippen LogP contribution in [0.1, 0.15) is 16.7 Å². The number of benzene rings is 3. The van der Waals surface area contributed by atoms with Gasteiger partial charge in [0.25, 0.3) is 5.91 Å². The molecule has 0 spiro atoms. The summed E-state index contributed by atoms with van der Waals surface area (Å²) in [5.74, 6) is -1.71. The molecule has 0 aliphatic rings. The molecule has 0 fully saturated rings. The predicted molar refractivity (Wildman–Crippen MR) is 135 cm³/mol. The van der Waals surface area contributed by atoms with Crippen LogP contribution in [0.5, 0.6) is 5.75 Å². The highest BCUT2D eigenvalue weighted by atomic mass is 79.9. The highest BCUT2D eigenvalue weighted by molar-refractivity contribution is 9.10. The zero-order valence-corrected chi connectivity index (χ0v) is 20.2. The van der Waals surface area contributed by atoms with Crippen LogP contribution in [0.3, 0.4) is 0 Å². The van der Waals surface area contributed by atoms with E-state index in [9.17, 15) is 14.4 Å². The van der Waals surface area contributed by atoms with Gasteiger partial charge in [-0.15, -0.1) is 0 Å². The molecule has 9 heteroatoms. The van der Waals surface area contributed by atoms with Gasteiger partial charge in [-0.25, -0.2) is 5.43 Å². The lowest BCUT2D eigenvalue weighted by molar-refractivity contribution is -0.136. The van der Waals surface area contributed by atoms with Gasteiger partial charge in [0.1, 0.15) is 5.75 Å². The summed E-state index contributed by atoms with van der Waals surface area (Å²) in [7, 11) is 0. The van der Waals surface area contributed by atoms with Crippen LogP contribution in [-0.2, 0) is 14.4 Å². The van der Waals surface area contributed by atoms with Crippen molar-refractivity contribution in [3.8, 4) is 5.75 Å². The van der Waals surface area contributed by atoms with E-state index < -0.39 is 11.8 Å². The van der Waals surface area contributed by atoms with E-state index in [0.29, 0.717) is 22.7 Å². The van der Waals surface area contributed by atoms with Crippen LogP contribution in [0, 0.1) is 13.8 Å². The number of hydrogen-bond acceptors (Lipinski definition) is 5. The second kappa shape index (κ2) is 11.8. The van der Waals surface area contributed by atoms with Crippen molar-refractivity contribution < 1.29 is 19.1 Å². The third kappa shape index (κ3) is 7.28. The molecule has 0 heterocycles. The molecule has 34 heavy (non-hydrogen) atoms. The van der Waals surface area contributed by atoms with Gasteiger partial charge in [-0.3, -0.25) is 14.4 Å². The number of nitrogens with zero attached hydrogens (tertiary/aromatic N) is 1. The third-order valence-electron chi connectivity index (χ3n) is 4.64. The standard InChI is InChI=1S/C25H23BrN4O4/c1-16-7-10-20(11-8-16)28-24(32)25(33)30-27-14-18-13-19(26)9-12-22(18)34-15-23(31)29-21-6-4-3-5-17(21)2/h3-14H,15H2,1-2H3,(H,28,32)(H,29,31)(H,30,33)/b27-14-. The Morgan fingerprint density at radius 1 is 0.941 bits per heavy atom. The Morgan fingerprint density at radius 2 is 1.68 bits per heavy atom. The van der Waals surface area contributed by atoms with E-state index in [1.165, 1.54) is 6.21 Å². The van der Waals surface area contributed by atoms with Crippen LogP contribution in [0.25, 0.3) is 0 Å². The molecule has 0 aliphatic carbocycles. The average molecular weight is 523 g/mol. The molecule has 3 amide bonds. The maximum Gasteiger partial charge on any atom is 0.329 e. The zero-order valence-electron chi connectivity index (χ0n) is 18.6. The molecule has 8 nitrogen and oxygen atoms in total. The highest BCUT2D eigenvalue weighted by Gasteiger charge is 2.13. The number of hydrazone groups is 1. The molecule has 0 unspecified atom stereocenters. The summed E-state index contributed by atoms with van der Waals surface area (Å²) in [4.78, 5) is 36.4. The smallest absolute Gasteiger partial charge is 0.329 e. The fraction of sp³-hybridized carbons (Fsp3) is 0.120. The number of aryl methyl sites for hydroxylation is 2. The van der Waals surface area contributed by atoms with Crippen LogP contribution in [0.15, 0.2) is 76.3 Å². The van der Waals surface area contributed by atoms with Gasteiger partial charge >= 0.3 is 11.8 Å². The largest absolute Gasteiger partial charge is 0.483 e. The van der Waals surface area contributed by atoms with E-state index in [-0.39, 0.29) is 12.5 Å². The molecule has 0 radical (unpaired) electrons. The molecule has 3 rings (SSSR count). The number of hydrogen-bond donors (Lipinski definition) is 3. The topological polar surface area (TPSA) is 109 Å². The van der Waals surface area contributed by atoms with E-state index in [0.717, 1.165) is 15.6 Å². The number of carbonyl (C=O) groups excluding carboxylic acids is 3. The molecule has 0 aromatic heterocycles. The van der Waals surface area contributed by atoms with Gasteiger partial charge in [0, 0.05) is 21.4 Å². The van der Waals surface area contributed by atoms with Gasteiger partial charge in [-0.05, 0) is 55.8 Å². The lowest BCUT2D eigenvalue weighted by Gasteiger charge is -2.11. The van der Waals surface area contributed by atoms with Gasteiger partial charge in [0.2, 0.25) is 0 Å². The maximum atomic E-state index is 12.3. The van der Waals surface area contributed by atoms with E-state index >= 15 is 0 Å². The molecule has 3 N–H and O–H groups in total. The minimum atomic E-state index is -0.924. The predicted octanol–water partition coefficient (Wildman–Crippen LogP) is 4.17. The Kier molecular flexibility index (Phi) is 8.53. The summed E-state index contributed by atoms with van der Waals surface area (Å²) in [6, 6.07) is 19.6. The lowest BCUT2D eigenvalue weighted by atomic mass is 10.2. The van der Waals surface area contributed by atoms with E-state index in [1.54, 1.807) is 30.3 Å². The van der Waals surface area contributed by atoms with E-state index in [4.69, 9.17) is 4.74 Å². The molecule has 174 valence electrons. The second-order valence-corrected chi connectivity index (χ2v) is 8.27. The van der Waals surface area contributed by atoms with Crippen molar-refractivity contribution in [2.75, 3.05) is 17.2 Å². The minimum absolute atomic E-state index is 0.220. The van der Waals surface area contributed by atoms with Gasteiger partial charge in [-0.2, -0.15) is 5.10 Å². The number of rotatable bonds is 7. The van der Waals surface area contributed by atoms with Gasteiger partial charge in [0.05, 0.1) is 6.21 Å². The molecule has 3 aromatic carbocycles. The number of halogens is 1. The van der Waals surface area contributed by atoms with Crippen LogP contribution in [-0.4, -0.2) is 30.5 Å². The zero-order chi connectivity index (χ0) is 24.5. The van der Waals surface area contributed by atoms with Crippen LogP contribution in [0.2, 0.25) is 0 Å². The molecule has 0 bridgehead atoms. The number of para-hydroxylation sites is 1. The second-order valence-electron chi connectivity index (χ2n) is 7.35. The Hall–Kier alpha value is -3.98. The molecule has 0 aliphatic heterocycles. The number of nitrogens with one attached hydrogen (secondary N) is 3. The molecular formula is C25H23BrN4O4. The van der Waals surface area contributed by atoms with Crippen LogP contribution in [0.4, 0.5) is 11.4 Å². The van der Waals surface area contributed by atoms with Crippen molar-refractivity contribution in [1.82, 2.24) is 5.43 Å². The summed E-state index contributed by atoms with van der Waals surface area (Å²) >= 11 is 3.37. The molecule has 0 saturated carbocycles. The quantitative estimate of drug-likeness (QED) is 0.245.